The molecule has 376 valence electrons. The number of carbonyl (C=O) groups is 5. The molecule has 4 rings (SSSR count). The highest BCUT2D eigenvalue weighted by atomic mass is 16.6. The first kappa shape index (κ1) is 55.9. The van der Waals surface area contributed by atoms with Gasteiger partial charge in [-0.25, -0.2) is 19.0 Å². The third-order valence-electron chi connectivity index (χ3n) is 11.0. The van der Waals surface area contributed by atoms with Crippen LogP contribution in [0.2, 0.25) is 0 Å². The molecule has 0 aliphatic carbocycles. The van der Waals surface area contributed by atoms with Crippen LogP contribution in [-0.2, 0) is 77.3 Å². The van der Waals surface area contributed by atoms with Crippen molar-refractivity contribution >= 4 is 30.1 Å². The Balaban J connectivity index is 1.64. The van der Waals surface area contributed by atoms with Gasteiger partial charge in [0.15, 0.2) is 12.4 Å². The number of ether oxygens (including phenoxy) is 5. The molecule has 0 unspecified atom stereocenters. The van der Waals surface area contributed by atoms with Crippen LogP contribution in [0, 0.1) is 23.7 Å². The van der Waals surface area contributed by atoms with Gasteiger partial charge in [-0.1, -0.05) is 117 Å². The number of nitrogens with one attached hydrogen (secondary N) is 2. The van der Waals surface area contributed by atoms with Crippen molar-refractivity contribution in [2.45, 2.75) is 163 Å². The van der Waals surface area contributed by atoms with Gasteiger partial charge in [-0.05, 0) is 104 Å². The Labute approximate surface area is 415 Å². The Hall–Kier alpha value is -6.68. The van der Waals surface area contributed by atoms with Crippen LogP contribution in [0.4, 0.5) is 9.59 Å². The molecule has 1 heterocycles. The van der Waals surface area contributed by atoms with Crippen molar-refractivity contribution < 1.29 is 52.2 Å². The van der Waals surface area contributed by atoms with Crippen molar-refractivity contribution in [3.05, 3.63) is 137 Å². The zero-order valence-electron chi connectivity index (χ0n) is 42.6. The molecule has 4 aromatic rings. The fourth-order valence-electron chi connectivity index (χ4n) is 7.20. The van der Waals surface area contributed by atoms with E-state index in [0.29, 0.717) is 44.2 Å². The monoisotopic (exact) mass is 961 g/mol. The summed E-state index contributed by atoms with van der Waals surface area (Å²) in [5, 5.41) is 5.61. The maximum Gasteiger partial charge on any atom is 0.408 e. The Morgan fingerprint density at radius 1 is 0.557 bits per heavy atom. The molecule has 13 heteroatoms. The van der Waals surface area contributed by atoms with E-state index < -0.39 is 41.3 Å². The number of benzene rings is 3. The fourth-order valence-corrected chi connectivity index (χ4v) is 7.20. The third-order valence-corrected chi connectivity index (χ3v) is 11.0. The first-order chi connectivity index (χ1) is 33.2. The molecule has 0 spiro atoms. The highest BCUT2D eigenvalue weighted by Crippen LogP contribution is 2.21. The number of amides is 2. The molecule has 3 aromatic carbocycles. The van der Waals surface area contributed by atoms with Gasteiger partial charge in [0, 0.05) is 35.6 Å². The number of esters is 3. The first-order valence-corrected chi connectivity index (χ1v) is 24.4. The van der Waals surface area contributed by atoms with Gasteiger partial charge in [-0.2, -0.15) is 0 Å². The quantitative estimate of drug-likeness (QED) is 0.0241. The lowest BCUT2D eigenvalue weighted by Crippen LogP contribution is -2.44. The van der Waals surface area contributed by atoms with Gasteiger partial charge >= 0.3 is 30.1 Å². The van der Waals surface area contributed by atoms with Gasteiger partial charge < -0.3 is 34.3 Å². The number of hydrogen-bond acceptors (Lipinski definition) is 10. The molecule has 70 heavy (non-hydrogen) atoms. The standard InChI is InChI=1S/C57H73N3O10/c1-41(51(61)66-38-44-23-13-10-14-24-44)22-19-20-35-60-36-47(33-31-42(2)52(62)67-39-45-25-15-11-16-26-45)49(48(37-60)34-32-43(3)58-54(64)69-56(4,5)6)29-21-30-50(59-55(65)70-57(7,8)9)53(63)68-40-46-27-17-12-18-28-46/h10-18,23-28,36-37,41-43,50H,19-20,22,30-35,38-40H2,1-9H3,(H-,58,59,64,65)/p+1/t41-,42-,43+,50-/m0/s1. The summed E-state index contributed by atoms with van der Waals surface area (Å²) in [6.07, 6.45) is 6.87. The molecule has 0 radical (unpaired) electrons. The maximum atomic E-state index is 13.6. The number of nitrogens with zero attached hydrogens (tertiary/aromatic N) is 1. The number of hydrogen-bond donors (Lipinski definition) is 2. The van der Waals surface area contributed by atoms with E-state index in [1.54, 1.807) is 20.8 Å². The Bertz CT molecular complexity index is 2350. The SMILES string of the molecule is C[C@H](CCc1c[n+](CCCC[C@H](C)C(=O)OCc2ccccc2)cc(CC[C@H](C)C(=O)OCc2ccccc2)c1C#CC[C@H](NC(=O)OC(C)(C)C)C(=O)OCc1ccccc1)NC(=O)OC(C)(C)C. The molecule has 4 atom stereocenters. The molecular formula is C57H74N3O10+. The predicted octanol–water partition coefficient (Wildman–Crippen LogP) is 10.1. The topological polar surface area (TPSA) is 159 Å². The molecular weight excluding hydrogens is 887 g/mol. The smallest absolute Gasteiger partial charge is 0.408 e. The average molecular weight is 961 g/mol. The molecule has 0 aliphatic heterocycles. The summed E-state index contributed by atoms with van der Waals surface area (Å²) in [7, 11) is 0. The van der Waals surface area contributed by atoms with E-state index >= 15 is 0 Å². The summed E-state index contributed by atoms with van der Waals surface area (Å²) in [6, 6.07) is 27.0. The minimum Gasteiger partial charge on any atom is -0.461 e. The van der Waals surface area contributed by atoms with Gasteiger partial charge in [-0.3, -0.25) is 9.59 Å². The van der Waals surface area contributed by atoms with Crippen molar-refractivity contribution in [2.75, 3.05) is 0 Å². The molecule has 0 saturated carbocycles. The van der Waals surface area contributed by atoms with Gasteiger partial charge in [0.1, 0.15) is 43.6 Å². The zero-order valence-corrected chi connectivity index (χ0v) is 42.6. The summed E-state index contributed by atoms with van der Waals surface area (Å²) >= 11 is 0. The molecule has 1 aromatic heterocycles. The van der Waals surface area contributed by atoms with E-state index in [4.69, 9.17) is 23.7 Å². The van der Waals surface area contributed by atoms with Crippen LogP contribution >= 0.6 is 0 Å². The van der Waals surface area contributed by atoms with E-state index in [0.717, 1.165) is 40.7 Å². The number of aryl methyl sites for hydroxylation is 3. The van der Waals surface area contributed by atoms with E-state index in [9.17, 15) is 24.0 Å². The van der Waals surface area contributed by atoms with Crippen molar-refractivity contribution in [3.63, 3.8) is 0 Å². The molecule has 0 fully saturated rings. The second-order valence-electron chi connectivity index (χ2n) is 19.8. The van der Waals surface area contributed by atoms with Crippen LogP contribution in [0.5, 0.6) is 0 Å². The highest BCUT2D eigenvalue weighted by Gasteiger charge is 2.26. The van der Waals surface area contributed by atoms with E-state index in [1.807, 2.05) is 145 Å². The summed E-state index contributed by atoms with van der Waals surface area (Å²) < 4.78 is 30.1. The molecule has 0 aliphatic rings. The van der Waals surface area contributed by atoms with Crippen molar-refractivity contribution in [1.29, 1.82) is 0 Å². The molecule has 2 amide bonds. The Morgan fingerprint density at radius 2 is 0.986 bits per heavy atom. The van der Waals surface area contributed by atoms with Crippen LogP contribution in [0.25, 0.3) is 0 Å². The molecule has 0 saturated heterocycles. The van der Waals surface area contributed by atoms with Crippen LogP contribution in [0.3, 0.4) is 0 Å². The average Bonchev–Trinajstić information content (AvgIpc) is 3.31. The zero-order chi connectivity index (χ0) is 51.1. The summed E-state index contributed by atoms with van der Waals surface area (Å²) in [6.45, 7) is 17.3. The summed E-state index contributed by atoms with van der Waals surface area (Å²) in [4.78, 5) is 65.6. The van der Waals surface area contributed by atoms with Crippen LogP contribution in [0.1, 0.15) is 134 Å². The predicted molar refractivity (Wildman–Crippen MR) is 268 cm³/mol. The van der Waals surface area contributed by atoms with Gasteiger partial charge in [0.2, 0.25) is 0 Å². The minimum absolute atomic E-state index is 0.00528. The number of alkyl carbamates (subject to hydrolysis) is 2. The van der Waals surface area contributed by atoms with Crippen molar-refractivity contribution in [2.24, 2.45) is 11.8 Å². The summed E-state index contributed by atoms with van der Waals surface area (Å²) in [5.74, 6) is 4.61. The Kier molecular flexibility index (Phi) is 22.4. The van der Waals surface area contributed by atoms with Crippen LogP contribution in [-0.4, -0.2) is 53.4 Å². The second kappa shape index (κ2) is 28.1. The van der Waals surface area contributed by atoms with Crippen molar-refractivity contribution in [1.82, 2.24) is 10.6 Å². The van der Waals surface area contributed by atoms with Crippen LogP contribution in [0.15, 0.2) is 103 Å². The Morgan fingerprint density at radius 3 is 1.46 bits per heavy atom. The fraction of sp³-hybridized carbons (Fsp3) is 0.474. The number of carbonyl (C=O) groups excluding carboxylic acids is 5. The first-order valence-electron chi connectivity index (χ1n) is 24.4. The largest absolute Gasteiger partial charge is 0.461 e. The lowest BCUT2D eigenvalue weighted by molar-refractivity contribution is -0.698. The van der Waals surface area contributed by atoms with Gasteiger partial charge in [0.05, 0.1) is 11.8 Å². The molecule has 2 N–H and O–H groups in total. The minimum atomic E-state index is -1.15. The second-order valence-corrected chi connectivity index (χ2v) is 19.8. The third kappa shape index (κ3) is 21.7. The van der Waals surface area contributed by atoms with E-state index in [2.05, 4.69) is 27.0 Å². The van der Waals surface area contributed by atoms with E-state index in [-0.39, 0.29) is 50.1 Å². The van der Waals surface area contributed by atoms with E-state index in [1.165, 1.54) is 0 Å². The van der Waals surface area contributed by atoms with Gasteiger partial charge in [-0.15, -0.1) is 0 Å². The summed E-state index contributed by atoms with van der Waals surface area (Å²) in [5.41, 5.74) is 3.62. The molecule has 13 nitrogen and oxygen atoms in total. The normalized spacial score (nSPS) is 13.0. The number of rotatable bonds is 23. The maximum absolute atomic E-state index is 13.6. The van der Waals surface area contributed by atoms with Crippen molar-refractivity contribution in [3.8, 4) is 11.8 Å². The number of aromatic nitrogens is 1. The lowest BCUT2D eigenvalue weighted by Gasteiger charge is -2.22. The van der Waals surface area contributed by atoms with Crippen LogP contribution < -0.4 is 15.2 Å². The van der Waals surface area contributed by atoms with Gasteiger partial charge in [0.25, 0.3) is 0 Å². The highest BCUT2D eigenvalue weighted by molar-refractivity contribution is 5.82. The molecule has 0 bridgehead atoms. The lowest BCUT2D eigenvalue weighted by atomic mass is 9.94. The number of pyridine rings is 1. The number of unbranched alkanes of at least 4 members (excludes halogenated alkanes) is 1.